The Hall–Kier alpha value is -2.20. The molecule has 0 radical (unpaired) electrons. The summed E-state index contributed by atoms with van der Waals surface area (Å²) in [5.41, 5.74) is -0.467. The first-order valence-electron chi connectivity index (χ1n) is 15.7. The summed E-state index contributed by atoms with van der Waals surface area (Å²) in [5, 5.41) is 3.13. The Labute approximate surface area is 248 Å². The van der Waals surface area contributed by atoms with Gasteiger partial charge >= 0.3 is 0 Å². The van der Waals surface area contributed by atoms with E-state index in [-0.39, 0.29) is 53.7 Å². The Balaban J connectivity index is 1.74. The highest BCUT2D eigenvalue weighted by Crippen LogP contribution is 2.28. The summed E-state index contributed by atoms with van der Waals surface area (Å²) in [6.07, 6.45) is 6.13. The molecule has 0 aromatic heterocycles. The van der Waals surface area contributed by atoms with Gasteiger partial charge in [-0.1, -0.05) is 41.0 Å². The molecular weight excluding hydrogens is 520 g/mol. The van der Waals surface area contributed by atoms with Crippen LogP contribution in [0.3, 0.4) is 0 Å². The highest BCUT2D eigenvalue weighted by molar-refractivity contribution is 5.91. The molecule has 3 aliphatic heterocycles. The van der Waals surface area contributed by atoms with Gasteiger partial charge in [0.15, 0.2) is 0 Å². The van der Waals surface area contributed by atoms with Gasteiger partial charge in [-0.3, -0.25) is 29.0 Å². The highest BCUT2D eigenvalue weighted by atomic mass is 16.2. The molecule has 0 saturated carbocycles. The number of rotatable bonds is 9. The molecule has 10 nitrogen and oxygen atoms in total. The lowest BCUT2D eigenvalue weighted by Crippen LogP contribution is -2.61. The van der Waals surface area contributed by atoms with E-state index in [1.165, 1.54) is 0 Å². The molecule has 3 fully saturated rings. The molecule has 3 rings (SSSR count). The minimum absolute atomic E-state index is 0.0135. The Kier molecular flexibility index (Phi) is 11.2. The highest BCUT2D eigenvalue weighted by Gasteiger charge is 2.43. The molecular formula is C31H56N6O4. The molecule has 0 bridgehead atoms. The van der Waals surface area contributed by atoms with Gasteiger partial charge in [0.05, 0.1) is 12.1 Å². The number of amides is 4. The summed E-state index contributed by atoms with van der Waals surface area (Å²) in [6, 6.07) is -1.67. The molecule has 5 atom stereocenters. The van der Waals surface area contributed by atoms with Gasteiger partial charge in [0.2, 0.25) is 23.6 Å². The molecule has 4 amide bonds. The third kappa shape index (κ3) is 7.80. The predicted molar refractivity (Wildman–Crippen MR) is 161 cm³/mol. The molecule has 0 aliphatic carbocycles. The quantitative estimate of drug-likeness (QED) is 0.451. The number of nitrogens with zero attached hydrogens (tertiary/aromatic N) is 5. The minimum atomic E-state index is -0.657. The van der Waals surface area contributed by atoms with Gasteiger partial charge in [-0.25, -0.2) is 0 Å². The van der Waals surface area contributed by atoms with Crippen LogP contribution in [0.25, 0.3) is 0 Å². The second-order valence-electron chi connectivity index (χ2n) is 14.1. The number of piperidine rings is 1. The molecule has 234 valence electrons. The molecule has 41 heavy (non-hydrogen) atoms. The first-order valence-corrected chi connectivity index (χ1v) is 15.7. The topological polar surface area (TPSA) is 96.5 Å². The van der Waals surface area contributed by atoms with Crippen LogP contribution in [-0.2, 0) is 19.2 Å². The van der Waals surface area contributed by atoms with E-state index < -0.39 is 11.5 Å². The van der Waals surface area contributed by atoms with E-state index >= 15 is 0 Å². The molecule has 3 heterocycles. The van der Waals surface area contributed by atoms with Crippen LogP contribution in [-0.4, -0.2) is 133 Å². The van der Waals surface area contributed by atoms with Gasteiger partial charge in [0.25, 0.3) is 0 Å². The average Bonchev–Trinajstić information content (AvgIpc) is 3.58. The summed E-state index contributed by atoms with van der Waals surface area (Å²) in [6.45, 7) is 13.1. The number of carbonyl (C=O) groups excluding carboxylic acids is 4. The third-order valence-electron chi connectivity index (χ3n) is 9.42. The van der Waals surface area contributed by atoms with Gasteiger partial charge < -0.3 is 20.0 Å². The molecule has 0 aromatic rings. The van der Waals surface area contributed by atoms with Gasteiger partial charge in [-0.05, 0) is 70.0 Å². The van der Waals surface area contributed by atoms with Crippen LogP contribution in [0.5, 0.6) is 0 Å². The van der Waals surface area contributed by atoms with E-state index in [0.717, 1.165) is 51.6 Å². The molecule has 0 unspecified atom stereocenters. The smallest absolute Gasteiger partial charge is 0.245 e. The Morgan fingerprint density at radius 1 is 0.854 bits per heavy atom. The molecule has 0 spiro atoms. The van der Waals surface area contributed by atoms with Crippen molar-refractivity contribution >= 4 is 23.6 Å². The fraction of sp³-hybridized carbons (Fsp3) is 0.871. The standard InChI is InChI=1S/C31H56N6O4/c1-21(2)25(20-36-18-12-15-23(36)29(40)37-19-13-16-24(37)28(39)33(6)7)35(9)30(41)26(31(3,4)5)32-27(38)22-14-10-11-17-34(22)8/h21-26H,10-20H2,1-9H3,(H,32,38)/t22-,23+,24+,25-,26-/m1/s1. The SMILES string of the molecule is CC(C)[C@@H](CN1CCC[C@H]1C(=O)N1CCC[C@H]1C(=O)N(C)C)N(C)C(=O)[C@@H](NC(=O)[C@H]1CCCCN1C)C(C)(C)C. The normalized spacial score (nSPS) is 25.7. The number of carbonyl (C=O) groups is 4. The fourth-order valence-electron chi connectivity index (χ4n) is 6.78. The van der Waals surface area contributed by atoms with E-state index in [0.29, 0.717) is 19.5 Å². The van der Waals surface area contributed by atoms with Crippen molar-refractivity contribution in [3.05, 3.63) is 0 Å². The second kappa shape index (κ2) is 13.8. The lowest BCUT2D eigenvalue weighted by atomic mass is 9.84. The van der Waals surface area contributed by atoms with Crippen LogP contribution in [0.2, 0.25) is 0 Å². The van der Waals surface area contributed by atoms with E-state index in [1.54, 1.807) is 28.8 Å². The summed E-state index contributed by atoms with van der Waals surface area (Å²) in [4.78, 5) is 63.4. The lowest BCUT2D eigenvalue weighted by molar-refractivity contribution is -0.146. The lowest BCUT2D eigenvalue weighted by Gasteiger charge is -2.41. The number of hydrogen-bond acceptors (Lipinski definition) is 6. The van der Waals surface area contributed by atoms with Crippen molar-refractivity contribution in [3.8, 4) is 0 Å². The maximum atomic E-state index is 14.1. The van der Waals surface area contributed by atoms with Crippen LogP contribution < -0.4 is 5.32 Å². The van der Waals surface area contributed by atoms with Gasteiger partial charge in [-0.2, -0.15) is 0 Å². The van der Waals surface area contributed by atoms with Crippen molar-refractivity contribution < 1.29 is 19.2 Å². The monoisotopic (exact) mass is 576 g/mol. The fourth-order valence-corrected chi connectivity index (χ4v) is 6.78. The summed E-state index contributed by atoms with van der Waals surface area (Å²) < 4.78 is 0. The zero-order valence-corrected chi connectivity index (χ0v) is 27.1. The van der Waals surface area contributed by atoms with Gasteiger partial charge in [0, 0.05) is 40.3 Å². The minimum Gasteiger partial charge on any atom is -0.347 e. The Morgan fingerprint density at radius 3 is 2.05 bits per heavy atom. The Bertz CT molecular complexity index is 947. The van der Waals surface area contributed by atoms with Crippen molar-refractivity contribution in [2.75, 3.05) is 54.4 Å². The average molecular weight is 577 g/mol. The largest absolute Gasteiger partial charge is 0.347 e. The zero-order chi connectivity index (χ0) is 30.6. The molecule has 10 heteroatoms. The van der Waals surface area contributed by atoms with Crippen molar-refractivity contribution in [3.63, 3.8) is 0 Å². The maximum Gasteiger partial charge on any atom is 0.245 e. The summed E-state index contributed by atoms with van der Waals surface area (Å²) in [5.74, 6) is -0.00145. The van der Waals surface area contributed by atoms with Crippen molar-refractivity contribution in [1.29, 1.82) is 0 Å². The maximum absolute atomic E-state index is 14.1. The van der Waals surface area contributed by atoms with Crippen molar-refractivity contribution in [1.82, 2.24) is 29.8 Å². The van der Waals surface area contributed by atoms with Crippen LogP contribution in [0.1, 0.15) is 79.6 Å². The van der Waals surface area contributed by atoms with Crippen LogP contribution in [0, 0.1) is 11.3 Å². The number of likely N-dealkylation sites (tertiary alicyclic amines) is 3. The van der Waals surface area contributed by atoms with Gasteiger partial charge in [-0.15, -0.1) is 0 Å². The van der Waals surface area contributed by atoms with Crippen LogP contribution in [0.4, 0.5) is 0 Å². The van der Waals surface area contributed by atoms with Gasteiger partial charge in [0.1, 0.15) is 12.1 Å². The molecule has 3 saturated heterocycles. The van der Waals surface area contributed by atoms with E-state index in [9.17, 15) is 19.2 Å². The number of hydrogen-bond donors (Lipinski definition) is 1. The first kappa shape index (κ1) is 33.3. The first-order chi connectivity index (χ1) is 19.1. The number of nitrogens with one attached hydrogen (secondary N) is 1. The van der Waals surface area contributed by atoms with E-state index in [1.807, 2.05) is 34.9 Å². The predicted octanol–water partition coefficient (Wildman–Crippen LogP) is 2.03. The third-order valence-corrected chi connectivity index (χ3v) is 9.42. The summed E-state index contributed by atoms with van der Waals surface area (Å²) in [7, 11) is 7.30. The Morgan fingerprint density at radius 2 is 1.46 bits per heavy atom. The van der Waals surface area contributed by atoms with E-state index in [2.05, 4.69) is 29.0 Å². The summed E-state index contributed by atoms with van der Waals surface area (Å²) >= 11 is 0. The second-order valence-corrected chi connectivity index (χ2v) is 14.1. The van der Waals surface area contributed by atoms with Crippen LogP contribution >= 0.6 is 0 Å². The van der Waals surface area contributed by atoms with Crippen LogP contribution in [0.15, 0.2) is 0 Å². The number of likely N-dealkylation sites (N-methyl/N-ethyl adjacent to an activating group) is 3. The van der Waals surface area contributed by atoms with Crippen molar-refractivity contribution in [2.24, 2.45) is 11.3 Å². The van der Waals surface area contributed by atoms with Crippen molar-refractivity contribution in [2.45, 2.75) is 110 Å². The molecule has 3 aliphatic rings. The molecule has 0 aromatic carbocycles. The molecule has 1 N–H and O–H groups in total. The zero-order valence-electron chi connectivity index (χ0n) is 27.1. The van der Waals surface area contributed by atoms with E-state index in [4.69, 9.17) is 0 Å².